The van der Waals surface area contributed by atoms with Crippen molar-refractivity contribution in [3.8, 4) is 0 Å². The third-order valence-electron chi connectivity index (χ3n) is 2.19. The molecule has 0 aliphatic heterocycles. The van der Waals surface area contributed by atoms with Crippen LogP contribution in [0.25, 0.3) is 0 Å². The Hall–Kier alpha value is -1.42. The lowest BCUT2D eigenvalue weighted by Crippen LogP contribution is -2.01. The van der Waals surface area contributed by atoms with Gasteiger partial charge in [0.1, 0.15) is 12.1 Å². The van der Waals surface area contributed by atoms with Crippen LogP contribution in [0.1, 0.15) is 11.3 Å². The van der Waals surface area contributed by atoms with Crippen molar-refractivity contribution >= 4 is 21.7 Å². The Morgan fingerprint density at radius 2 is 1.94 bits per heavy atom. The zero-order valence-electron chi connectivity index (χ0n) is 8.94. The standard InChI is InChI=1S/C12H12BrN3/c1-9-6-12(16-8-15-9)14-7-10-2-4-11(13)5-3-10/h2-6,8H,7H2,1H3,(H,14,15,16). The molecule has 0 radical (unpaired) electrons. The Labute approximate surface area is 103 Å². The highest BCUT2D eigenvalue weighted by atomic mass is 79.9. The maximum Gasteiger partial charge on any atom is 0.129 e. The van der Waals surface area contributed by atoms with Gasteiger partial charge in [-0.3, -0.25) is 0 Å². The van der Waals surface area contributed by atoms with Crippen molar-refractivity contribution in [1.82, 2.24) is 9.97 Å². The molecule has 0 bridgehead atoms. The van der Waals surface area contributed by atoms with Gasteiger partial charge in [0, 0.05) is 22.8 Å². The van der Waals surface area contributed by atoms with Crippen LogP contribution in [0.5, 0.6) is 0 Å². The molecule has 1 heterocycles. The van der Waals surface area contributed by atoms with Crippen molar-refractivity contribution in [2.75, 3.05) is 5.32 Å². The molecule has 0 saturated carbocycles. The van der Waals surface area contributed by atoms with Gasteiger partial charge in [0.2, 0.25) is 0 Å². The molecule has 0 atom stereocenters. The van der Waals surface area contributed by atoms with E-state index in [2.05, 4.69) is 43.3 Å². The molecule has 0 unspecified atom stereocenters. The van der Waals surface area contributed by atoms with E-state index in [1.807, 2.05) is 25.1 Å². The van der Waals surface area contributed by atoms with E-state index >= 15 is 0 Å². The zero-order valence-corrected chi connectivity index (χ0v) is 10.5. The fourth-order valence-corrected chi connectivity index (χ4v) is 1.61. The van der Waals surface area contributed by atoms with Crippen LogP contribution in [0.4, 0.5) is 5.82 Å². The summed E-state index contributed by atoms with van der Waals surface area (Å²) < 4.78 is 1.09. The molecule has 2 rings (SSSR count). The number of hydrogen-bond acceptors (Lipinski definition) is 3. The van der Waals surface area contributed by atoms with Crippen molar-refractivity contribution < 1.29 is 0 Å². The van der Waals surface area contributed by atoms with Crippen LogP contribution in [0.3, 0.4) is 0 Å². The summed E-state index contributed by atoms with van der Waals surface area (Å²) in [5.74, 6) is 0.857. The Bertz CT molecular complexity index is 468. The maximum absolute atomic E-state index is 4.14. The smallest absolute Gasteiger partial charge is 0.129 e. The largest absolute Gasteiger partial charge is 0.366 e. The van der Waals surface area contributed by atoms with E-state index in [-0.39, 0.29) is 0 Å². The second-order valence-electron chi connectivity index (χ2n) is 3.52. The second kappa shape index (κ2) is 5.07. The topological polar surface area (TPSA) is 37.8 Å². The second-order valence-corrected chi connectivity index (χ2v) is 4.44. The van der Waals surface area contributed by atoms with Gasteiger partial charge in [-0.05, 0) is 24.6 Å². The van der Waals surface area contributed by atoms with Crippen LogP contribution in [0.2, 0.25) is 0 Å². The van der Waals surface area contributed by atoms with E-state index in [9.17, 15) is 0 Å². The first-order valence-corrected chi connectivity index (χ1v) is 5.80. The van der Waals surface area contributed by atoms with Gasteiger partial charge in [-0.2, -0.15) is 0 Å². The predicted octanol–water partition coefficient (Wildman–Crippen LogP) is 3.16. The molecule has 16 heavy (non-hydrogen) atoms. The lowest BCUT2D eigenvalue weighted by molar-refractivity contribution is 1.05. The van der Waals surface area contributed by atoms with E-state index in [0.29, 0.717) is 0 Å². The van der Waals surface area contributed by atoms with Crippen molar-refractivity contribution in [2.45, 2.75) is 13.5 Å². The molecule has 0 fully saturated rings. The summed E-state index contributed by atoms with van der Waals surface area (Å²) in [5.41, 5.74) is 2.19. The SMILES string of the molecule is Cc1cc(NCc2ccc(Br)cc2)ncn1. The van der Waals surface area contributed by atoms with Gasteiger partial charge in [-0.15, -0.1) is 0 Å². The van der Waals surface area contributed by atoms with Crippen molar-refractivity contribution in [3.63, 3.8) is 0 Å². The minimum absolute atomic E-state index is 0.768. The molecule has 0 aliphatic rings. The molecular formula is C12H12BrN3. The number of hydrogen-bond donors (Lipinski definition) is 1. The molecular weight excluding hydrogens is 266 g/mol. The Morgan fingerprint density at radius 3 is 2.62 bits per heavy atom. The van der Waals surface area contributed by atoms with Gasteiger partial charge in [0.25, 0.3) is 0 Å². The molecule has 0 saturated heterocycles. The third kappa shape index (κ3) is 3.03. The quantitative estimate of drug-likeness (QED) is 0.937. The van der Waals surface area contributed by atoms with Crippen LogP contribution in [-0.4, -0.2) is 9.97 Å². The molecule has 4 heteroatoms. The number of benzene rings is 1. The Kier molecular flexibility index (Phi) is 3.51. The van der Waals surface area contributed by atoms with Gasteiger partial charge < -0.3 is 5.32 Å². The number of halogens is 1. The fourth-order valence-electron chi connectivity index (χ4n) is 1.35. The fraction of sp³-hybridized carbons (Fsp3) is 0.167. The predicted molar refractivity (Wildman–Crippen MR) is 68.2 cm³/mol. The van der Waals surface area contributed by atoms with E-state index in [1.54, 1.807) is 6.33 Å². The molecule has 1 N–H and O–H groups in total. The summed E-state index contributed by atoms with van der Waals surface area (Å²) in [6.45, 7) is 2.72. The summed E-state index contributed by atoms with van der Waals surface area (Å²) in [6.07, 6.45) is 1.57. The van der Waals surface area contributed by atoms with Crippen molar-refractivity contribution in [1.29, 1.82) is 0 Å². The van der Waals surface area contributed by atoms with Crippen molar-refractivity contribution in [2.24, 2.45) is 0 Å². The number of aryl methyl sites for hydroxylation is 1. The molecule has 2 aromatic rings. The molecule has 0 aliphatic carbocycles. The van der Waals surface area contributed by atoms with E-state index in [1.165, 1.54) is 5.56 Å². The van der Waals surface area contributed by atoms with E-state index in [0.717, 1.165) is 22.5 Å². The number of rotatable bonds is 3. The Morgan fingerprint density at radius 1 is 1.19 bits per heavy atom. The molecule has 82 valence electrons. The highest BCUT2D eigenvalue weighted by Gasteiger charge is 1.96. The number of aromatic nitrogens is 2. The normalized spacial score (nSPS) is 10.1. The average Bonchev–Trinajstić information content (AvgIpc) is 2.28. The summed E-state index contributed by atoms with van der Waals surface area (Å²) >= 11 is 3.41. The number of nitrogens with one attached hydrogen (secondary N) is 1. The van der Waals surface area contributed by atoms with Gasteiger partial charge in [0.15, 0.2) is 0 Å². The lowest BCUT2D eigenvalue weighted by atomic mass is 10.2. The summed E-state index contributed by atoms with van der Waals surface area (Å²) in [4.78, 5) is 8.19. The first-order valence-electron chi connectivity index (χ1n) is 5.01. The van der Waals surface area contributed by atoms with Crippen LogP contribution in [-0.2, 0) is 6.54 Å². The van der Waals surface area contributed by atoms with Gasteiger partial charge in [-0.1, -0.05) is 28.1 Å². The van der Waals surface area contributed by atoms with Gasteiger partial charge >= 0.3 is 0 Å². The highest BCUT2D eigenvalue weighted by molar-refractivity contribution is 9.10. The minimum atomic E-state index is 0.768. The van der Waals surface area contributed by atoms with Crippen molar-refractivity contribution in [3.05, 3.63) is 52.4 Å². The Balaban J connectivity index is 1.99. The van der Waals surface area contributed by atoms with Gasteiger partial charge in [0.05, 0.1) is 0 Å². The minimum Gasteiger partial charge on any atom is -0.366 e. The molecule has 3 nitrogen and oxygen atoms in total. The van der Waals surface area contributed by atoms with Crippen LogP contribution >= 0.6 is 15.9 Å². The first kappa shape index (κ1) is 11.1. The zero-order chi connectivity index (χ0) is 11.4. The van der Waals surface area contributed by atoms with Crippen LogP contribution < -0.4 is 5.32 Å². The average molecular weight is 278 g/mol. The summed E-state index contributed by atoms with van der Waals surface area (Å²) in [7, 11) is 0. The third-order valence-corrected chi connectivity index (χ3v) is 2.72. The summed E-state index contributed by atoms with van der Waals surface area (Å²) in [6, 6.07) is 10.1. The number of anilines is 1. The summed E-state index contributed by atoms with van der Waals surface area (Å²) in [5, 5.41) is 3.25. The maximum atomic E-state index is 4.14. The first-order chi connectivity index (χ1) is 7.74. The molecule has 0 spiro atoms. The molecule has 1 aromatic heterocycles. The van der Waals surface area contributed by atoms with Gasteiger partial charge in [-0.25, -0.2) is 9.97 Å². The van der Waals surface area contributed by atoms with Crippen LogP contribution in [0.15, 0.2) is 41.1 Å². The van der Waals surface area contributed by atoms with E-state index in [4.69, 9.17) is 0 Å². The molecule has 1 aromatic carbocycles. The molecule has 0 amide bonds. The van der Waals surface area contributed by atoms with Crippen LogP contribution in [0, 0.1) is 6.92 Å². The monoisotopic (exact) mass is 277 g/mol. The number of nitrogens with zero attached hydrogens (tertiary/aromatic N) is 2. The highest BCUT2D eigenvalue weighted by Crippen LogP contribution is 2.12. The van der Waals surface area contributed by atoms with E-state index < -0.39 is 0 Å². The lowest BCUT2D eigenvalue weighted by Gasteiger charge is -2.05.